The van der Waals surface area contributed by atoms with Crippen molar-refractivity contribution in [3.8, 4) is 5.75 Å². The number of nitrogens with zero attached hydrogens (tertiary/aromatic N) is 2. The molecule has 2 aromatic carbocycles. The number of nitro benzene ring substituents is 1. The first kappa shape index (κ1) is 20.7. The summed E-state index contributed by atoms with van der Waals surface area (Å²) in [6, 6.07) is 12.9. The lowest BCUT2D eigenvalue weighted by Gasteiger charge is -2.56. The molecule has 2 heterocycles. The van der Waals surface area contributed by atoms with E-state index in [2.05, 4.69) is 22.5 Å². The molecule has 2 N–H and O–H groups in total. The van der Waals surface area contributed by atoms with Crippen LogP contribution in [0, 0.1) is 10.1 Å². The second kappa shape index (κ2) is 7.46. The fourth-order valence-corrected chi connectivity index (χ4v) is 5.79. The molecule has 3 aromatic rings. The Bertz CT molecular complexity index is 1220. The van der Waals surface area contributed by atoms with Crippen LogP contribution in [0.5, 0.6) is 5.75 Å². The van der Waals surface area contributed by atoms with Crippen LogP contribution in [0.3, 0.4) is 0 Å². The maximum absolute atomic E-state index is 12.3. The summed E-state index contributed by atoms with van der Waals surface area (Å²) in [5, 5.41) is 24.5. The van der Waals surface area contributed by atoms with Crippen molar-refractivity contribution in [3.63, 3.8) is 0 Å². The Balaban J connectivity index is 1.68. The van der Waals surface area contributed by atoms with Crippen molar-refractivity contribution in [3.05, 3.63) is 82.1 Å². The van der Waals surface area contributed by atoms with Crippen molar-refractivity contribution < 1.29 is 14.8 Å². The molecular weight excluding hydrogens is 406 g/mol. The number of fused-ring (bicyclic) bond motifs is 4. The first-order chi connectivity index (χ1) is 15.4. The van der Waals surface area contributed by atoms with Crippen LogP contribution >= 0.6 is 0 Å². The lowest BCUT2D eigenvalue weighted by molar-refractivity contribution is -0.384. The van der Waals surface area contributed by atoms with E-state index in [9.17, 15) is 15.2 Å². The van der Waals surface area contributed by atoms with E-state index in [-0.39, 0.29) is 10.6 Å². The molecule has 0 saturated carbocycles. The fraction of sp³-hybridized carbons (Fsp3) is 0.360. The molecule has 7 nitrogen and oxygen atoms in total. The minimum atomic E-state index is -1.03. The zero-order valence-electron chi connectivity index (χ0n) is 18.1. The van der Waals surface area contributed by atoms with E-state index >= 15 is 0 Å². The molecule has 1 aliphatic carbocycles. The summed E-state index contributed by atoms with van der Waals surface area (Å²) in [4.78, 5) is 16.7. The molecule has 0 bridgehead atoms. The summed E-state index contributed by atoms with van der Waals surface area (Å²) in [6.45, 7) is 5.94. The number of aliphatic hydroxyl groups is 1. The van der Waals surface area contributed by atoms with Crippen LogP contribution in [-0.4, -0.2) is 52.3 Å². The lowest BCUT2D eigenvalue weighted by atomic mass is 9.56. The number of likely N-dealkylation sites (tertiary alicyclic amines) is 1. The molecule has 166 valence electrons. The summed E-state index contributed by atoms with van der Waals surface area (Å²) in [7, 11) is 1.65. The maximum Gasteiger partial charge on any atom is 0.270 e. The SMILES string of the molecule is C=CCN1CCC2(c3cccc(OC)c3)Cc3[nH]c4ccc([N+](=O)[O-])cc4c3CC2(O)C1. The van der Waals surface area contributed by atoms with Gasteiger partial charge in [-0.15, -0.1) is 6.58 Å². The van der Waals surface area contributed by atoms with Crippen LogP contribution in [0.25, 0.3) is 10.9 Å². The molecule has 0 spiro atoms. The summed E-state index contributed by atoms with van der Waals surface area (Å²) in [6.07, 6.45) is 3.72. The Labute approximate surface area is 186 Å². The molecule has 0 radical (unpaired) electrons. The van der Waals surface area contributed by atoms with E-state index in [4.69, 9.17) is 4.74 Å². The quantitative estimate of drug-likeness (QED) is 0.363. The predicted octanol–water partition coefficient (Wildman–Crippen LogP) is 3.74. The lowest BCUT2D eigenvalue weighted by Crippen LogP contribution is -2.66. The van der Waals surface area contributed by atoms with Crippen LogP contribution in [0.4, 0.5) is 5.69 Å². The van der Waals surface area contributed by atoms with E-state index in [0.29, 0.717) is 25.9 Å². The number of aromatic nitrogens is 1. The number of methoxy groups -OCH3 is 1. The van der Waals surface area contributed by atoms with Gasteiger partial charge in [-0.3, -0.25) is 15.0 Å². The third-order valence-electron chi connectivity index (χ3n) is 7.38. The Hall–Kier alpha value is -3.16. The van der Waals surface area contributed by atoms with Gasteiger partial charge in [-0.1, -0.05) is 18.2 Å². The van der Waals surface area contributed by atoms with Crippen molar-refractivity contribution in [1.82, 2.24) is 9.88 Å². The van der Waals surface area contributed by atoms with Crippen molar-refractivity contribution in [2.24, 2.45) is 0 Å². The second-order valence-corrected chi connectivity index (χ2v) is 9.04. The number of aromatic amines is 1. The smallest absolute Gasteiger partial charge is 0.270 e. The van der Waals surface area contributed by atoms with Crippen molar-refractivity contribution in [2.45, 2.75) is 30.3 Å². The minimum Gasteiger partial charge on any atom is -0.497 e. The normalized spacial score (nSPS) is 25.2. The number of piperidine rings is 1. The number of hydrogen-bond acceptors (Lipinski definition) is 5. The maximum atomic E-state index is 12.3. The number of β-amino-alcohol motifs (C(OH)–C–C–N with tert-alkyl or cyclic N) is 1. The zero-order chi connectivity index (χ0) is 22.5. The molecule has 1 fully saturated rings. The third kappa shape index (κ3) is 3.04. The Morgan fingerprint density at radius 1 is 1.31 bits per heavy atom. The van der Waals surface area contributed by atoms with Crippen molar-refractivity contribution in [2.75, 3.05) is 26.7 Å². The summed E-state index contributed by atoms with van der Waals surface area (Å²) in [5.74, 6) is 0.769. The highest BCUT2D eigenvalue weighted by Gasteiger charge is 2.57. The van der Waals surface area contributed by atoms with Gasteiger partial charge in [0, 0.05) is 60.1 Å². The number of benzene rings is 2. The number of ether oxygens (including phenoxy) is 1. The number of non-ortho nitro benzene ring substituents is 1. The molecule has 2 unspecified atom stereocenters. The summed E-state index contributed by atoms with van der Waals surface area (Å²) >= 11 is 0. The van der Waals surface area contributed by atoms with E-state index in [1.54, 1.807) is 19.2 Å². The Morgan fingerprint density at radius 2 is 2.16 bits per heavy atom. The van der Waals surface area contributed by atoms with Gasteiger partial charge in [0.15, 0.2) is 0 Å². The van der Waals surface area contributed by atoms with Gasteiger partial charge in [0.1, 0.15) is 5.75 Å². The van der Waals surface area contributed by atoms with Crippen molar-refractivity contribution >= 4 is 16.6 Å². The molecular formula is C25H27N3O4. The van der Waals surface area contributed by atoms with Gasteiger partial charge in [-0.2, -0.15) is 0 Å². The molecule has 7 heteroatoms. The Kier molecular flexibility index (Phi) is 4.83. The molecule has 1 aliphatic heterocycles. The molecule has 2 aliphatic rings. The van der Waals surface area contributed by atoms with Gasteiger partial charge in [0.2, 0.25) is 0 Å². The minimum absolute atomic E-state index is 0.0628. The topological polar surface area (TPSA) is 91.6 Å². The van der Waals surface area contributed by atoms with Crippen LogP contribution < -0.4 is 4.74 Å². The standard InChI is InChI=1S/C25H27N3O4/c1-3-10-27-11-9-24(17-5-4-6-19(12-17)32-2)15-23-21(14-25(24,29)16-27)20-13-18(28(30)31)7-8-22(20)26-23/h3-8,12-13,26,29H,1,9-11,14-16H2,2H3. The van der Waals surface area contributed by atoms with Gasteiger partial charge >= 0.3 is 0 Å². The number of H-pyrrole nitrogens is 1. The first-order valence-electron chi connectivity index (χ1n) is 10.9. The average Bonchev–Trinajstić information content (AvgIpc) is 3.13. The second-order valence-electron chi connectivity index (χ2n) is 9.04. The van der Waals surface area contributed by atoms with E-state index in [1.807, 2.05) is 24.3 Å². The van der Waals surface area contributed by atoms with E-state index < -0.39 is 11.0 Å². The summed E-state index contributed by atoms with van der Waals surface area (Å²) < 4.78 is 5.49. The molecule has 1 aromatic heterocycles. The number of rotatable bonds is 5. The molecule has 0 amide bonds. The third-order valence-corrected chi connectivity index (χ3v) is 7.38. The van der Waals surface area contributed by atoms with E-state index in [0.717, 1.165) is 46.4 Å². The van der Waals surface area contributed by atoms with E-state index in [1.165, 1.54) is 6.07 Å². The molecule has 2 atom stereocenters. The predicted molar refractivity (Wildman–Crippen MR) is 123 cm³/mol. The molecule has 32 heavy (non-hydrogen) atoms. The fourth-order valence-electron chi connectivity index (χ4n) is 5.79. The highest BCUT2D eigenvalue weighted by atomic mass is 16.6. The van der Waals surface area contributed by atoms with Gasteiger partial charge in [0.05, 0.1) is 17.6 Å². The van der Waals surface area contributed by atoms with Gasteiger partial charge < -0.3 is 14.8 Å². The van der Waals surface area contributed by atoms with Crippen LogP contribution in [0.15, 0.2) is 55.1 Å². The zero-order valence-corrected chi connectivity index (χ0v) is 18.1. The monoisotopic (exact) mass is 433 g/mol. The van der Waals surface area contributed by atoms with Gasteiger partial charge in [-0.05, 0) is 42.3 Å². The van der Waals surface area contributed by atoms with Gasteiger partial charge in [-0.25, -0.2) is 0 Å². The highest BCUT2D eigenvalue weighted by molar-refractivity contribution is 5.87. The Morgan fingerprint density at radius 3 is 2.91 bits per heavy atom. The first-order valence-corrected chi connectivity index (χ1v) is 10.9. The number of nitrogens with one attached hydrogen (secondary N) is 1. The van der Waals surface area contributed by atoms with Crippen LogP contribution in [0.2, 0.25) is 0 Å². The average molecular weight is 434 g/mol. The largest absolute Gasteiger partial charge is 0.497 e. The van der Waals surface area contributed by atoms with Crippen LogP contribution in [0.1, 0.15) is 23.2 Å². The summed E-state index contributed by atoms with van der Waals surface area (Å²) in [5.41, 5.74) is 2.49. The molecule has 5 rings (SSSR count). The highest BCUT2D eigenvalue weighted by Crippen LogP contribution is 2.52. The van der Waals surface area contributed by atoms with Crippen LogP contribution in [-0.2, 0) is 18.3 Å². The number of nitro groups is 1. The number of hydrogen-bond donors (Lipinski definition) is 2. The van der Waals surface area contributed by atoms with Crippen molar-refractivity contribution in [1.29, 1.82) is 0 Å². The molecule has 1 saturated heterocycles. The van der Waals surface area contributed by atoms with Gasteiger partial charge in [0.25, 0.3) is 5.69 Å².